The Morgan fingerprint density at radius 1 is 1.57 bits per heavy atom. The van der Waals surface area contributed by atoms with Crippen molar-refractivity contribution in [2.75, 3.05) is 7.11 Å². The lowest BCUT2D eigenvalue weighted by Gasteiger charge is -2.08. The van der Waals surface area contributed by atoms with Crippen LogP contribution in [0.25, 0.3) is 0 Å². The van der Waals surface area contributed by atoms with Crippen molar-refractivity contribution >= 4 is 5.69 Å². The molecular formula is C9H11NO4. The fraction of sp³-hybridized carbons (Fsp3) is 0.333. The average Bonchev–Trinajstić information content (AvgIpc) is 2.16. The predicted octanol–water partition coefficient (Wildman–Crippen LogP) is 1.40. The van der Waals surface area contributed by atoms with Crippen LogP contribution in [0.1, 0.15) is 11.1 Å². The molecule has 0 aliphatic heterocycles. The number of methoxy groups -OCH3 is 1. The molecule has 76 valence electrons. The van der Waals surface area contributed by atoms with E-state index in [0.717, 1.165) is 0 Å². The molecule has 0 fully saturated rings. The van der Waals surface area contributed by atoms with Crippen LogP contribution in [0.15, 0.2) is 12.1 Å². The molecule has 0 heterocycles. The van der Waals surface area contributed by atoms with Gasteiger partial charge in [0.25, 0.3) is 5.69 Å². The maximum absolute atomic E-state index is 10.6. The van der Waals surface area contributed by atoms with Gasteiger partial charge in [0.05, 0.1) is 18.6 Å². The maximum Gasteiger partial charge on any atom is 0.272 e. The highest BCUT2D eigenvalue weighted by Gasteiger charge is 2.16. The maximum atomic E-state index is 10.6. The number of aliphatic hydroxyl groups is 1. The third-order valence-electron chi connectivity index (χ3n) is 2.10. The molecule has 0 atom stereocenters. The van der Waals surface area contributed by atoms with Crippen molar-refractivity contribution in [3.05, 3.63) is 33.4 Å². The quantitative estimate of drug-likeness (QED) is 0.587. The first-order valence-electron chi connectivity index (χ1n) is 4.03. The van der Waals surface area contributed by atoms with Gasteiger partial charge >= 0.3 is 0 Å². The van der Waals surface area contributed by atoms with Crippen molar-refractivity contribution in [3.63, 3.8) is 0 Å². The average molecular weight is 197 g/mol. The Labute approximate surface area is 81.1 Å². The number of ether oxygens (including phenoxy) is 1. The van der Waals surface area contributed by atoms with Crippen molar-refractivity contribution < 1.29 is 14.8 Å². The predicted molar refractivity (Wildman–Crippen MR) is 50.3 cm³/mol. The smallest absolute Gasteiger partial charge is 0.272 e. The number of aliphatic hydroxyl groups excluding tert-OH is 1. The van der Waals surface area contributed by atoms with Crippen molar-refractivity contribution in [2.24, 2.45) is 0 Å². The second kappa shape index (κ2) is 4.06. The molecule has 0 radical (unpaired) electrons. The SMILES string of the molecule is COc1ccc([N+](=O)[O-])c(C)c1CO. The first-order chi connectivity index (χ1) is 6.61. The molecule has 1 rings (SSSR count). The molecule has 1 aromatic rings. The van der Waals surface area contributed by atoms with Crippen LogP contribution in [0.3, 0.4) is 0 Å². The summed E-state index contributed by atoms with van der Waals surface area (Å²) in [7, 11) is 1.46. The second-order valence-corrected chi connectivity index (χ2v) is 2.81. The molecule has 0 aliphatic carbocycles. The molecule has 0 bridgehead atoms. The first kappa shape index (κ1) is 10.5. The topological polar surface area (TPSA) is 72.6 Å². The van der Waals surface area contributed by atoms with Crippen LogP contribution in [-0.4, -0.2) is 17.1 Å². The van der Waals surface area contributed by atoms with E-state index >= 15 is 0 Å². The summed E-state index contributed by atoms with van der Waals surface area (Å²) in [6.45, 7) is 1.32. The summed E-state index contributed by atoms with van der Waals surface area (Å²) < 4.78 is 4.97. The van der Waals surface area contributed by atoms with Gasteiger partial charge in [0.1, 0.15) is 5.75 Å². The third-order valence-corrected chi connectivity index (χ3v) is 2.10. The van der Waals surface area contributed by atoms with E-state index in [4.69, 9.17) is 9.84 Å². The number of nitrogens with zero attached hydrogens (tertiary/aromatic N) is 1. The summed E-state index contributed by atoms with van der Waals surface area (Å²) in [5, 5.41) is 19.6. The molecule has 0 amide bonds. The van der Waals surface area contributed by atoms with Gasteiger partial charge in [-0.15, -0.1) is 0 Å². The number of hydrogen-bond donors (Lipinski definition) is 1. The lowest BCUT2D eigenvalue weighted by molar-refractivity contribution is -0.385. The third kappa shape index (κ3) is 1.67. The number of rotatable bonds is 3. The Hall–Kier alpha value is -1.62. The fourth-order valence-corrected chi connectivity index (χ4v) is 1.31. The molecule has 0 aromatic heterocycles. The molecule has 1 aromatic carbocycles. The highest BCUT2D eigenvalue weighted by atomic mass is 16.6. The minimum Gasteiger partial charge on any atom is -0.496 e. The minimum atomic E-state index is -0.478. The minimum absolute atomic E-state index is 0.00477. The van der Waals surface area contributed by atoms with Crippen LogP contribution in [0.4, 0.5) is 5.69 Å². The van der Waals surface area contributed by atoms with Crippen LogP contribution < -0.4 is 4.74 Å². The monoisotopic (exact) mass is 197 g/mol. The van der Waals surface area contributed by atoms with Crippen LogP contribution in [-0.2, 0) is 6.61 Å². The molecule has 0 unspecified atom stereocenters. The zero-order valence-corrected chi connectivity index (χ0v) is 7.98. The van der Waals surface area contributed by atoms with Gasteiger partial charge in [-0.2, -0.15) is 0 Å². The molecule has 0 aliphatic rings. The Morgan fingerprint density at radius 3 is 2.64 bits per heavy atom. The van der Waals surface area contributed by atoms with Crippen molar-refractivity contribution in [2.45, 2.75) is 13.5 Å². The van der Waals surface area contributed by atoms with Gasteiger partial charge in [0.15, 0.2) is 0 Å². The van der Waals surface area contributed by atoms with Crippen LogP contribution in [0.5, 0.6) is 5.75 Å². The van der Waals surface area contributed by atoms with Gasteiger partial charge in [-0.25, -0.2) is 0 Å². The zero-order valence-electron chi connectivity index (χ0n) is 7.98. The van der Waals surface area contributed by atoms with Crippen molar-refractivity contribution in [1.29, 1.82) is 0 Å². The lowest BCUT2D eigenvalue weighted by atomic mass is 10.1. The van der Waals surface area contributed by atoms with Gasteiger partial charge in [-0.3, -0.25) is 10.1 Å². The standard InChI is InChI=1S/C9H11NO4/c1-6-7(5-11)9(14-2)4-3-8(6)10(12)13/h3-4,11H,5H2,1-2H3. The van der Waals surface area contributed by atoms with Crippen molar-refractivity contribution in [3.8, 4) is 5.75 Å². The van der Waals surface area contributed by atoms with Crippen LogP contribution >= 0.6 is 0 Å². The molecule has 1 N–H and O–H groups in total. The largest absolute Gasteiger partial charge is 0.496 e. The second-order valence-electron chi connectivity index (χ2n) is 2.81. The number of nitro groups is 1. The number of nitro benzene ring substituents is 1. The Kier molecular flexibility index (Phi) is 3.03. The normalized spacial score (nSPS) is 9.93. The highest BCUT2D eigenvalue weighted by Crippen LogP contribution is 2.29. The van der Waals surface area contributed by atoms with E-state index in [0.29, 0.717) is 16.9 Å². The number of hydrogen-bond acceptors (Lipinski definition) is 4. The number of benzene rings is 1. The van der Waals surface area contributed by atoms with Gasteiger partial charge < -0.3 is 9.84 Å². The van der Waals surface area contributed by atoms with E-state index < -0.39 is 4.92 Å². The molecule has 14 heavy (non-hydrogen) atoms. The summed E-state index contributed by atoms with van der Waals surface area (Å²) in [6, 6.07) is 2.85. The summed E-state index contributed by atoms with van der Waals surface area (Å²) in [5.41, 5.74) is 0.897. The van der Waals surface area contributed by atoms with E-state index in [1.807, 2.05) is 0 Å². The van der Waals surface area contributed by atoms with Gasteiger partial charge in [-0.05, 0) is 13.0 Å². The Balaban J connectivity index is 3.34. The van der Waals surface area contributed by atoms with Crippen LogP contribution in [0, 0.1) is 17.0 Å². The van der Waals surface area contributed by atoms with E-state index in [9.17, 15) is 10.1 Å². The Bertz CT molecular complexity index is 362. The van der Waals surface area contributed by atoms with Gasteiger partial charge in [0.2, 0.25) is 0 Å². The molecule has 0 saturated heterocycles. The van der Waals surface area contributed by atoms with E-state index in [-0.39, 0.29) is 12.3 Å². The zero-order chi connectivity index (χ0) is 10.7. The molecule has 5 nitrogen and oxygen atoms in total. The molecule has 0 saturated carbocycles. The highest BCUT2D eigenvalue weighted by molar-refractivity contribution is 5.51. The van der Waals surface area contributed by atoms with Gasteiger partial charge in [0, 0.05) is 17.2 Å². The van der Waals surface area contributed by atoms with E-state index in [2.05, 4.69) is 0 Å². The summed E-state index contributed by atoms with van der Waals surface area (Å²) in [5.74, 6) is 0.468. The first-order valence-corrected chi connectivity index (χ1v) is 4.03. The van der Waals surface area contributed by atoms with Crippen LogP contribution in [0.2, 0.25) is 0 Å². The molecular weight excluding hydrogens is 186 g/mol. The fourth-order valence-electron chi connectivity index (χ4n) is 1.31. The molecule has 5 heteroatoms. The van der Waals surface area contributed by atoms with Crippen molar-refractivity contribution in [1.82, 2.24) is 0 Å². The summed E-state index contributed by atoms with van der Waals surface area (Å²) >= 11 is 0. The summed E-state index contributed by atoms with van der Waals surface area (Å²) in [6.07, 6.45) is 0. The van der Waals surface area contributed by atoms with E-state index in [1.165, 1.54) is 19.2 Å². The molecule has 0 spiro atoms. The Morgan fingerprint density at radius 2 is 2.21 bits per heavy atom. The van der Waals surface area contributed by atoms with Gasteiger partial charge in [-0.1, -0.05) is 0 Å². The van der Waals surface area contributed by atoms with E-state index in [1.54, 1.807) is 6.92 Å². The lowest BCUT2D eigenvalue weighted by Crippen LogP contribution is -1.99. The summed E-state index contributed by atoms with van der Waals surface area (Å²) in [4.78, 5) is 10.1.